The van der Waals surface area contributed by atoms with Crippen molar-refractivity contribution >= 4 is 17.4 Å². The Hall–Kier alpha value is -4.46. The van der Waals surface area contributed by atoms with Crippen LogP contribution in [-0.2, 0) is 33.0 Å². The Balaban J connectivity index is 1.46. The standard InChI is InChI=1S/C27H27N7O3/c1-18-23(36-16-20-10-6-3-7-11-20)21(12-13-35-15-19-8-4-2-5-9-19)37-27(18,17-28)22-14-31-25-24(29)32-26(30)33-34(22)25/h2-12,14,18,23H,13,15-16H2,1H3,(H4,29,30,32,33). The van der Waals surface area contributed by atoms with E-state index >= 15 is 0 Å². The maximum Gasteiger partial charge on any atom is 0.242 e. The number of nitrogens with zero attached hydrogens (tertiary/aromatic N) is 5. The first-order chi connectivity index (χ1) is 18.0. The molecular weight excluding hydrogens is 470 g/mol. The molecule has 0 amide bonds. The molecule has 37 heavy (non-hydrogen) atoms. The zero-order valence-corrected chi connectivity index (χ0v) is 20.3. The number of aromatic nitrogens is 4. The smallest absolute Gasteiger partial charge is 0.242 e. The fraction of sp³-hybridized carbons (Fsp3) is 0.259. The summed E-state index contributed by atoms with van der Waals surface area (Å²) in [4.78, 5) is 8.29. The normalized spacial score (nSPS) is 22.2. The van der Waals surface area contributed by atoms with Gasteiger partial charge in [-0.15, -0.1) is 5.10 Å². The zero-order valence-electron chi connectivity index (χ0n) is 20.3. The Labute approximate surface area is 214 Å². The number of hydrogen-bond donors (Lipinski definition) is 2. The van der Waals surface area contributed by atoms with Crippen molar-refractivity contribution in [3.63, 3.8) is 0 Å². The lowest BCUT2D eigenvalue weighted by molar-refractivity contribution is 0.0267. The molecule has 3 atom stereocenters. The van der Waals surface area contributed by atoms with Gasteiger partial charge in [-0.05, 0) is 17.2 Å². The predicted octanol–water partition coefficient (Wildman–Crippen LogP) is 3.36. The highest BCUT2D eigenvalue weighted by atomic mass is 16.6. The highest BCUT2D eigenvalue weighted by Crippen LogP contribution is 2.47. The van der Waals surface area contributed by atoms with Gasteiger partial charge < -0.3 is 25.7 Å². The van der Waals surface area contributed by atoms with Crippen LogP contribution in [0.15, 0.2) is 78.7 Å². The minimum Gasteiger partial charge on any atom is -0.468 e. The van der Waals surface area contributed by atoms with Gasteiger partial charge in [0, 0.05) is 5.92 Å². The Morgan fingerprint density at radius 1 is 1.08 bits per heavy atom. The summed E-state index contributed by atoms with van der Waals surface area (Å²) >= 11 is 0. The van der Waals surface area contributed by atoms with Crippen molar-refractivity contribution in [2.75, 3.05) is 18.1 Å². The van der Waals surface area contributed by atoms with Crippen molar-refractivity contribution in [3.8, 4) is 6.07 Å². The van der Waals surface area contributed by atoms with Gasteiger partial charge in [-0.2, -0.15) is 10.2 Å². The molecular formula is C27H27N7O3. The maximum atomic E-state index is 10.5. The van der Waals surface area contributed by atoms with E-state index in [4.69, 9.17) is 25.7 Å². The molecule has 3 heterocycles. The molecule has 5 rings (SSSR count). The second-order valence-corrected chi connectivity index (χ2v) is 8.80. The summed E-state index contributed by atoms with van der Waals surface area (Å²) in [6, 6.07) is 22.1. The SMILES string of the molecule is CC1C(OCc2ccccc2)C(=CCOCc2ccccc2)OC1(C#N)c1cnc2c(N)nc(N)nn12. The maximum absolute atomic E-state index is 10.5. The van der Waals surface area contributed by atoms with E-state index in [1.807, 2.05) is 73.7 Å². The van der Waals surface area contributed by atoms with E-state index < -0.39 is 17.6 Å². The third-order valence-electron chi connectivity index (χ3n) is 6.39. The van der Waals surface area contributed by atoms with Crippen molar-refractivity contribution < 1.29 is 14.2 Å². The third-order valence-corrected chi connectivity index (χ3v) is 6.39. The molecule has 1 fully saturated rings. The number of nitrogen functional groups attached to an aromatic ring is 2. The Morgan fingerprint density at radius 3 is 2.43 bits per heavy atom. The van der Waals surface area contributed by atoms with Gasteiger partial charge in [0.15, 0.2) is 11.5 Å². The Bertz CT molecular complexity index is 1450. The van der Waals surface area contributed by atoms with Gasteiger partial charge in [0.2, 0.25) is 11.5 Å². The summed E-state index contributed by atoms with van der Waals surface area (Å²) in [5, 5.41) is 14.7. The van der Waals surface area contributed by atoms with Crippen molar-refractivity contribution in [2.45, 2.75) is 31.8 Å². The predicted molar refractivity (Wildman–Crippen MR) is 136 cm³/mol. The molecule has 2 aromatic heterocycles. The summed E-state index contributed by atoms with van der Waals surface area (Å²) in [7, 11) is 0. The van der Waals surface area contributed by atoms with Crippen LogP contribution in [0, 0.1) is 17.2 Å². The Kier molecular flexibility index (Phi) is 6.72. The minimum atomic E-state index is -1.46. The average molecular weight is 498 g/mol. The lowest BCUT2D eigenvalue weighted by Crippen LogP contribution is -2.35. The van der Waals surface area contributed by atoms with Crippen molar-refractivity contribution in [3.05, 3.63) is 95.5 Å². The van der Waals surface area contributed by atoms with Crippen LogP contribution in [0.2, 0.25) is 0 Å². The molecule has 0 spiro atoms. The fourth-order valence-corrected chi connectivity index (χ4v) is 4.47. The van der Waals surface area contributed by atoms with E-state index in [2.05, 4.69) is 21.1 Å². The first-order valence-electron chi connectivity index (χ1n) is 11.9. The molecule has 4 aromatic rings. The number of rotatable bonds is 8. The molecule has 10 nitrogen and oxygen atoms in total. The number of hydrogen-bond acceptors (Lipinski definition) is 9. The first kappa shape index (κ1) is 24.2. The average Bonchev–Trinajstić information content (AvgIpc) is 3.46. The van der Waals surface area contributed by atoms with Crippen LogP contribution >= 0.6 is 0 Å². The fourth-order valence-electron chi connectivity index (χ4n) is 4.47. The second kappa shape index (κ2) is 10.3. The van der Waals surface area contributed by atoms with Crippen LogP contribution in [0.4, 0.5) is 11.8 Å². The summed E-state index contributed by atoms with van der Waals surface area (Å²) in [6.45, 7) is 2.97. The van der Waals surface area contributed by atoms with E-state index in [1.165, 1.54) is 10.7 Å². The lowest BCUT2D eigenvalue weighted by atomic mass is 9.85. The lowest BCUT2D eigenvalue weighted by Gasteiger charge is -2.25. The summed E-state index contributed by atoms with van der Waals surface area (Å²) < 4.78 is 20.0. The number of ether oxygens (including phenoxy) is 3. The molecule has 4 N–H and O–H groups in total. The van der Waals surface area contributed by atoms with Crippen molar-refractivity contribution in [2.24, 2.45) is 5.92 Å². The van der Waals surface area contributed by atoms with Crippen molar-refractivity contribution in [1.29, 1.82) is 5.26 Å². The quantitative estimate of drug-likeness (QED) is 0.350. The van der Waals surface area contributed by atoms with Crippen LogP contribution in [0.25, 0.3) is 5.65 Å². The van der Waals surface area contributed by atoms with E-state index in [-0.39, 0.29) is 18.4 Å². The van der Waals surface area contributed by atoms with E-state index in [1.54, 1.807) is 0 Å². The number of nitriles is 1. The number of nitrogens with two attached hydrogens (primary N) is 2. The van der Waals surface area contributed by atoms with Crippen LogP contribution in [0.3, 0.4) is 0 Å². The van der Waals surface area contributed by atoms with Crippen molar-refractivity contribution in [1.82, 2.24) is 19.6 Å². The van der Waals surface area contributed by atoms with E-state index in [9.17, 15) is 5.26 Å². The molecule has 0 aliphatic carbocycles. The first-order valence-corrected chi connectivity index (χ1v) is 11.9. The van der Waals surface area contributed by atoms with E-state index in [0.29, 0.717) is 30.3 Å². The van der Waals surface area contributed by atoms with Crippen LogP contribution in [0.1, 0.15) is 23.7 Å². The highest BCUT2D eigenvalue weighted by Gasteiger charge is 2.55. The number of fused-ring (bicyclic) bond motifs is 1. The molecule has 3 unspecified atom stereocenters. The monoisotopic (exact) mass is 497 g/mol. The summed E-state index contributed by atoms with van der Waals surface area (Å²) in [5.41, 5.74) is 13.1. The van der Waals surface area contributed by atoms with E-state index in [0.717, 1.165) is 11.1 Å². The van der Waals surface area contributed by atoms with Crippen LogP contribution in [0.5, 0.6) is 0 Å². The van der Waals surface area contributed by atoms with Crippen LogP contribution < -0.4 is 11.5 Å². The second-order valence-electron chi connectivity index (χ2n) is 8.80. The largest absolute Gasteiger partial charge is 0.468 e. The molecule has 1 aliphatic rings. The Morgan fingerprint density at radius 2 is 1.76 bits per heavy atom. The van der Waals surface area contributed by atoms with Gasteiger partial charge >= 0.3 is 0 Å². The molecule has 0 saturated carbocycles. The third kappa shape index (κ3) is 4.70. The van der Waals surface area contributed by atoms with Gasteiger partial charge in [0.05, 0.1) is 26.0 Å². The van der Waals surface area contributed by atoms with Gasteiger partial charge in [-0.3, -0.25) is 0 Å². The molecule has 10 heteroatoms. The molecule has 188 valence electrons. The summed E-state index contributed by atoms with van der Waals surface area (Å²) in [5.74, 6) is 0.145. The van der Waals surface area contributed by atoms with Gasteiger partial charge in [-0.25, -0.2) is 9.50 Å². The van der Waals surface area contributed by atoms with Crippen LogP contribution in [-0.4, -0.2) is 32.3 Å². The van der Waals surface area contributed by atoms with Gasteiger partial charge in [-0.1, -0.05) is 67.6 Å². The zero-order chi connectivity index (χ0) is 25.8. The molecule has 0 bridgehead atoms. The number of imidazole rings is 1. The number of benzene rings is 2. The minimum absolute atomic E-state index is 0.0371. The molecule has 0 radical (unpaired) electrons. The summed E-state index contributed by atoms with van der Waals surface area (Å²) in [6.07, 6.45) is 2.81. The van der Waals surface area contributed by atoms with Gasteiger partial charge in [0.25, 0.3) is 0 Å². The molecule has 1 saturated heterocycles. The van der Waals surface area contributed by atoms with Gasteiger partial charge in [0.1, 0.15) is 23.6 Å². The topological polar surface area (TPSA) is 147 Å². The highest BCUT2D eigenvalue weighted by molar-refractivity contribution is 5.61. The molecule has 2 aromatic carbocycles. The molecule has 1 aliphatic heterocycles. The number of anilines is 2.